The summed E-state index contributed by atoms with van der Waals surface area (Å²) >= 11 is 0. The molecule has 2 N–H and O–H groups in total. The highest BCUT2D eigenvalue weighted by Gasteiger charge is 2.40. The van der Waals surface area contributed by atoms with E-state index in [4.69, 9.17) is 14.2 Å². The number of aliphatic carboxylic acids is 1. The van der Waals surface area contributed by atoms with E-state index in [1.54, 1.807) is 0 Å². The molecule has 31 heavy (non-hydrogen) atoms. The number of carboxylic acids is 1. The SMILES string of the molecule is CCOc1cccc(-c2ccc(NC3(C(=O)O)CCOCC3)cc2COC2CC2)c1C. The van der Waals surface area contributed by atoms with Crippen molar-refractivity contribution in [1.82, 2.24) is 0 Å². The maximum atomic E-state index is 12.1. The van der Waals surface area contributed by atoms with Crippen molar-refractivity contribution >= 4 is 11.7 Å². The summed E-state index contributed by atoms with van der Waals surface area (Å²) in [4.78, 5) is 12.1. The molecule has 2 aromatic carbocycles. The fourth-order valence-electron chi connectivity index (χ4n) is 4.10. The molecule has 4 rings (SSSR count). The topological polar surface area (TPSA) is 77.0 Å². The summed E-state index contributed by atoms with van der Waals surface area (Å²) in [6, 6.07) is 12.1. The van der Waals surface area contributed by atoms with Crippen LogP contribution in [0.25, 0.3) is 11.1 Å². The maximum absolute atomic E-state index is 12.1. The first-order valence-corrected chi connectivity index (χ1v) is 11.1. The fraction of sp³-hybridized carbons (Fsp3) is 0.480. The van der Waals surface area contributed by atoms with Crippen LogP contribution >= 0.6 is 0 Å². The molecule has 2 aliphatic rings. The van der Waals surface area contributed by atoms with E-state index in [9.17, 15) is 9.90 Å². The molecule has 0 amide bonds. The van der Waals surface area contributed by atoms with E-state index in [2.05, 4.69) is 24.4 Å². The average molecular weight is 426 g/mol. The zero-order valence-electron chi connectivity index (χ0n) is 18.3. The lowest BCUT2D eigenvalue weighted by Crippen LogP contribution is -2.50. The van der Waals surface area contributed by atoms with Crippen LogP contribution in [0.5, 0.6) is 5.75 Å². The summed E-state index contributed by atoms with van der Waals surface area (Å²) in [5, 5.41) is 13.2. The first kappa shape index (κ1) is 21.7. The Labute approximate surface area is 183 Å². The molecule has 1 heterocycles. The summed E-state index contributed by atoms with van der Waals surface area (Å²) in [5.41, 5.74) is 4.11. The Hall–Kier alpha value is -2.57. The molecule has 0 bridgehead atoms. The number of ether oxygens (including phenoxy) is 3. The first-order valence-electron chi connectivity index (χ1n) is 11.1. The van der Waals surface area contributed by atoms with Gasteiger partial charge in [0.15, 0.2) is 0 Å². The van der Waals surface area contributed by atoms with Crippen LogP contribution in [0.15, 0.2) is 36.4 Å². The summed E-state index contributed by atoms with van der Waals surface area (Å²) < 4.78 is 17.2. The number of nitrogens with one attached hydrogen (secondary N) is 1. The van der Waals surface area contributed by atoms with Crippen molar-refractivity contribution in [2.75, 3.05) is 25.1 Å². The van der Waals surface area contributed by atoms with Gasteiger partial charge in [-0.15, -0.1) is 0 Å². The predicted molar refractivity (Wildman–Crippen MR) is 120 cm³/mol. The summed E-state index contributed by atoms with van der Waals surface area (Å²) in [5.74, 6) is 0.0409. The van der Waals surface area contributed by atoms with Gasteiger partial charge in [0.1, 0.15) is 11.3 Å². The zero-order chi connectivity index (χ0) is 21.8. The molecular formula is C25H31NO5. The van der Waals surface area contributed by atoms with Gasteiger partial charge in [-0.2, -0.15) is 0 Å². The molecule has 1 saturated heterocycles. The van der Waals surface area contributed by atoms with Crippen molar-refractivity contribution in [2.24, 2.45) is 0 Å². The van der Waals surface area contributed by atoms with Gasteiger partial charge in [-0.25, -0.2) is 4.79 Å². The van der Waals surface area contributed by atoms with E-state index < -0.39 is 11.5 Å². The number of carboxylic acid groups (broad SMARTS) is 1. The van der Waals surface area contributed by atoms with Gasteiger partial charge >= 0.3 is 5.97 Å². The number of anilines is 1. The second kappa shape index (κ2) is 9.28. The number of carbonyl (C=O) groups is 1. The number of hydrogen-bond donors (Lipinski definition) is 2. The van der Waals surface area contributed by atoms with E-state index in [1.807, 2.05) is 31.2 Å². The third-order valence-corrected chi connectivity index (χ3v) is 6.12. The average Bonchev–Trinajstić information content (AvgIpc) is 3.59. The Morgan fingerprint density at radius 2 is 1.97 bits per heavy atom. The molecule has 166 valence electrons. The van der Waals surface area contributed by atoms with Gasteiger partial charge in [0.05, 0.1) is 19.3 Å². The van der Waals surface area contributed by atoms with Crippen LogP contribution in [-0.4, -0.2) is 42.5 Å². The molecule has 1 aliphatic carbocycles. The quantitative estimate of drug-likeness (QED) is 0.602. The van der Waals surface area contributed by atoms with Crippen molar-refractivity contribution in [3.8, 4) is 16.9 Å². The van der Waals surface area contributed by atoms with Crippen molar-refractivity contribution < 1.29 is 24.1 Å². The van der Waals surface area contributed by atoms with Crippen LogP contribution in [0.1, 0.15) is 43.7 Å². The lowest BCUT2D eigenvalue weighted by atomic mass is 9.89. The second-order valence-electron chi connectivity index (χ2n) is 8.37. The molecule has 6 heteroatoms. The molecule has 1 saturated carbocycles. The summed E-state index contributed by atoms with van der Waals surface area (Å²) in [7, 11) is 0. The van der Waals surface area contributed by atoms with Crippen molar-refractivity contribution in [3.05, 3.63) is 47.5 Å². The zero-order valence-corrected chi connectivity index (χ0v) is 18.3. The molecule has 2 aromatic rings. The third-order valence-electron chi connectivity index (χ3n) is 6.12. The highest BCUT2D eigenvalue weighted by atomic mass is 16.5. The Morgan fingerprint density at radius 3 is 2.65 bits per heavy atom. The highest BCUT2D eigenvalue weighted by molar-refractivity contribution is 5.83. The third kappa shape index (κ3) is 4.86. The molecule has 2 fully saturated rings. The number of rotatable bonds is 9. The molecule has 1 aliphatic heterocycles. The molecule has 0 aromatic heterocycles. The summed E-state index contributed by atoms with van der Waals surface area (Å²) in [6.45, 7) is 6.05. The summed E-state index contributed by atoms with van der Waals surface area (Å²) in [6.07, 6.45) is 3.42. The first-order chi connectivity index (χ1) is 15.0. The lowest BCUT2D eigenvalue weighted by molar-refractivity contribution is -0.145. The lowest BCUT2D eigenvalue weighted by Gasteiger charge is -2.35. The largest absolute Gasteiger partial charge is 0.494 e. The van der Waals surface area contributed by atoms with Crippen LogP contribution in [0.3, 0.4) is 0 Å². The second-order valence-corrected chi connectivity index (χ2v) is 8.37. The highest BCUT2D eigenvalue weighted by Crippen LogP contribution is 2.36. The number of benzene rings is 2. The maximum Gasteiger partial charge on any atom is 0.329 e. The van der Waals surface area contributed by atoms with Crippen LogP contribution < -0.4 is 10.1 Å². The fourth-order valence-corrected chi connectivity index (χ4v) is 4.10. The Morgan fingerprint density at radius 1 is 1.19 bits per heavy atom. The number of hydrogen-bond acceptors (Lipinski definition) is 5. The van der Waals surface area contributed by atoms with Crippen LogP contribution in [0.4, 0.5) is 5.69 Å². The Balaban J connectivity index is 1.68. The van der Waals surface area contributed by atoms with Gasteiger partial charge in [-0.05, 0) is 67.1 Å². The van der Waals surface area contributed by atoms with E-state index in [1.165, 1.54) is 0 Å². The van der Waals surface area contributed by atoms with Crippen LogP contribution in [-0.2, 0) is 20.9 Å². The van der Waals surface area contributed by atoms with Gasteiger partial charge in [-0.1, -0.05) is 18.2 Å². The smallest absolute Gasteiger partial charge is 0.329 e. The van der Waals surface area contributed by atoms with Gasteiger partial charge in [0.25, 0.3) is 0 Å². The van der Waals surface area contributed by atoms with Crippen molar-refractivity contribution in [2.45, 2.75) is 57.8 Å². The van der Waals surface area contributed by atoms with E-state index >= 15 is 0 Å². The minimum Gasteiger partial charge on any atom is -0.494 e. The van der Waals surface area contributed by atoms with Gasteiger partial charge in [0, 0.05) is 31.7 Å². The normalized spacial score (nSPS) is 17.9. The molecular weight excluding hydrogens is 394 g/mol. The monoisotopic (exact) mass is 425 g/mol. The minimum atomic E-state index is -1.00. The van der Waals surface area contributed by atoms with Crippen LogP contribution in [0, 0.1) is 6.92 Å². The van der Waals surface area contributed by atoms with E-state index in [0.29, 0.717) is 45.4 Å². The predicted octanol–water partition coefficient (Wildman–Crippen LogP) is 4.79. The van der Waals surface area contributed by atoms with Crippen LogP contribution in [0.2, 0.25) is 0 Å². The minimum absolute atomic E-state index is 0.334. The standard InChI is InChI=1S/C25H31NO5/c1-3-30-23-6-4-5-21(17(23)2)22-10-7-19(15-18(22)16-31-20-8-9-20)26-25(24(27)28)11-13-29-14-12-25/h4-7,10,15,20,26H,3,8-9,11-14,16H2,1-2H3,(H,27,28). The van der Waals surface area contributed by atoms with E-state index in [0.717, 1.165) is 46.5 Å². The molecule has 0 radical (unpaired) electrons. The van der Waals surface area contributed by atoms with Gasteiger partial charge < -0.3 is 24.6 Å². The Kier molecular flexibility index (Phi) is 6.49. The van der Waals surface area contributed by atoms with Gasteiger partial charge in [0.2, 0.25) is 0 Å². The molecule has 0 spiro atoms. The van der Waals surface area contributed by atoms with Crippen molar-refractivity contribution in [1.29, 1.82) is 0 Å². The van der Waals surface area contributed by atoms with Gasteiger partial charge in [-0.3, -0.25) is 0 Å². The molecule has 0 unspecified atom stereocenters. The molecule has 6 nitrogen and oxygen atoms in total. The van der Waals surface area contributed by atoms with Crippen molar-refractivity contribution in [3.63, 3.8) is 0 Å². The Bertz CT molecular complexity index is 932. The molecule has 0 atom stereocenters. The van der Waals surface area contributed by atoms with E-state index in [-0.39, 0.29) is 0 Å².